The van der Waals surface area contributed by atoms with Crippen LogP contribution >= 0.6 is 11.6 Å². The lowest BCUT2D eigenvalue weighted by Gasteiger charge is -2.40. The maximum absolute atomic E-state index is 15.6. The zero-order valence-electron chi connectivity index (χ0n) is 19.3. The van der Waals surface area contributed by atoms with E-state index in [4.69, 9.17) is 16.3 Å². The molecule has 5 nitrogen and oxygen atoms in total. The molecular weight excluding hydrogens is 453 g/mol. The quantitative estimate of drug-likeness (QED) is 0.469. The summed E-state index contributed by atoms with van der Waals surface area (Å²) < 4.78 is 20.9. The number of hydrogen-bond donors (Lipinski definition) is 1. The number of rotatable bonds is 7. The summed E-state index contributed by atoms with van der Waals surface area (Å²) in [7, 11) is 1.58. The summed E-state index contributed by atoms with van der Waals surface area (Å²) in [5, 5.41) is 11.2. The van der Waals surface area contributed by atoms with Gasteiger partial charge in [-0.2, -0.15) is 0 Å². The van der Waals surface area contributed by atoms with Crippen LogP contribution in [0.25, 0.3) is 10.9 Å². The van der Waals surface area contributed by atoms with Gasteiger partial charge in [-0.3, -0.25) is 14.9 Å². The molecule has 0 unspecified atom stereocenters. The van der Waals surface area contributed by atoms with E-state index in [9.17, 15) is 5.11 Å². The van der Waals surface area contributed by atoms with E-state index in [1.165, 1.54) is 6.20 Å². The molecule has 34 heavy (non-hydrogen) atoms. The van der Waals surface area contributed by atoms with E-state index < -0.39 is 6.17 Å². The molecule has 0 bridgehead atoms. The van der Waals surface area contributed by atoms with Crippen molar-refractivity contribution < 1.29 is 14.2 Å². The van der Waals surface area contributed by atoms with Gasteiger partial charge in [-0.1, -0.05) is 23.4 Å². The van der Waals surface area contributed by atoms with Crippen LogP contribution in [0.5, 0.6) is 5.75 Å². The Hall–Kier alpha value is -2.72. The molecule has 0 saturated carbocycles. The van der Waals surface area contributed by atoms with E-state index in [1.807, 2.05) is 18.2 Å². The van der Waals surface area contributed by atoms with Crippen LogP contribution in [-0.2, 0) is 0 Å². The first-order chi connectivity index (χ1) is 16.5. The Kier molecular flexibility index (Phi) is 7.99. The molecule has 0 spiro atoms. The number of ether oxygens (including phenoxy) is 1. The molecule has 4 rings (SSSR count). The maximum Gasteiger partial charge on any atom is 0.127 e. The van der Waals surface area contributed by atoms with Crippen LogP contribution in [0.3, 0.4) is 0 Å². The first-order valence-electron chi connectivity index (χ1n) is 11.5. The van der Waals surface area contributed by atoms with Crippen molar-refractivity contribution in [1.82, 2.24) is 14.9 Å². The fourth-order valence-corrected chi connectivity index (χ4v) is 4.82. The standard InChI is InChI=1S/C27H29ClFN3O2/c1-34-21-6-7-25-22(16-21)26(23(28)18-31-25)24(29)8-9-27(19-33)10-14-32(15-11-27)13-3-5-20-4-2-12-30-17-20/h2,4,6-7,12,16-18,24,33H,8-11,13-15,19H2,1H3/t24-/m0/s1. The number of aliphatic hydroxyl groups is 1. The first kappa shape index (κ1) is 24.4. The fraction of sp³-hybridized carbons (Fsp3) is 0.407. The van der Waals surface area contributed by atoms with Gasteiger partial charge in [0, 0.05) is 41.7 Å². The number of likely N-dealkylation sites (tertiary alicyclic amines) is 1. The number of alkyl halides is 1. The lowest BCUT2D eigenvalue weighted by molar-refractivity contribution is 0.0344. The second kappa shape index (κ2) is 11.1. The molecule has 178 valence electrons. The molecule has 0 radical (unpaired) electrons. The number of benzene rings is 1. The largest absolute Gasteiger partial charge is 0.497 e. The number of fused-ring (bicyclic) bond motifs is 1. The fourth-order valence-electron chi connectivity index (χ4n) is 4.55. The molecule has 2 aromatic heterocycles. The topological polar surface area (TPSA) is 58.5 Å². The van der Waals surface area contributed by atoms with E-state index in [1.54, 1.807) is 31.6 Å². The number of piperidine rings is 1. The van der Waals surface area contributed by atoms with E-state index >= 15 is 4.39 Å². The molecule has 0 amide bonds. The third-order valence-corrected chi connectivity index (χ3v) is 7.06. The van der Waals surface area contributed by atoms with Crippen LogP contribution in [-0.4, -0.2) is 53.3 Å². The Labute approximate surface area is 204 Å². The van der Waals surface area contributed by atoms with Crippen LogP contribution in [0.2, 0.25) is 5.02 Å². The highest BCUT2D eigenvalue weighted by Gasteiger charge is 2.35. The third-order valence-electron chi connectivity index (χ3n) is 6.76. The summed E-state index contributed by atoms with van der Waals surface area (Å²) in [5.41, 5.74) is 1.74. The third kappa shape index (κ3) is 5.67. The van der Waals surface area contributed by atoms with Crippen molar-refractivity contribution in [3.8, 4) is 17.6 Å². The SMILES string of the molecule is COc1ccc2ncc(Cl)c([C@@H](F)CCC3(CO)CCN(CC#Cc4cccnc4)CC3)c2c1. The van der Waals surface area contributed by atoms with Crippen LogP contribution in [0.1, 0.15) is 43.0 Å². The molecular formula is C27H29ClFN3O2. The monoisotopic (exact) mass is 481 g/mol. The molecule has 1 fully saturated rings. The van der Waals surface area contributed by atoms with Gasteiger partial charge in [0.25, 0.3) is 0 Å². The minimum Gasteiger partial charge on any atom is -0.497 e. The van der Waals surface area contributed by atoms with Gasteiger partial charge in [0.2, 0.25) is 0 Å². The predicted octanol–water partition coefficient (Wildman–Crippen LogP) is 5.21. The normalized spacial score (nSPS) is 16.6. The van der Waals surface area contributed by atoms with Gasteiger partial charge in [-0.05, 0) is 74.5 Å². The van der Waals surface area contributed by atoms with Gasteiger partial charge >= 0.3 is 0 Å². The highest BCUT2D eigenvalue weighted by Crippen LogP contribution is 2.41. The summed E-state index contributed by atoms with van der Waals surface area (Å²) in [5.74, 6) is 6.97. The number of aliphatic hydroxyl groups excluding tert-OH is 1. The molecule has 1 N–H and O–H groups in total. The van der Waals surface area contributed by atoms with Gasteiger partial charge in [0.05, 0.1) is 24.2 Å². The van der Waals surface area contributed by atoms with E-state index in [-0.39, 0.29) is 18.4 Å². The Morgan fingerprint density at radius 1 is 1.26 bits per heavy atom. The van der Waals surface area contributed by atoms with Gasteiger partial charge in [-0.15, -0.1) is 0 Å². The second-order valence-electron chi connectivity index (χ2n) is 8.89. The molecule has 3 heterocycles. The lowest BCUT2D eigenvalue weighted by atomic mass is 9.74. The van der Waals surface area contributed by atoms with Crippen molar-refractivity contribution in [2.75, 3.05) is 33.4 Å². The second-order valence-corrected chi connectivity index (χ2v) is 9.29. The highest BCUT2D eigenvalue weighted by atomic mass is 35.5. The summed E-state index contributed by atoms with van der Waals surface area (Å²) in [4.78, 5) is 10.7. The number of methoxy groups -OCH3 is 1. The van der Waals surface area contributed by atoms with Gasteiger partial charge < -0.3 is 9.84 Å². The van der Waals surface area contributed by atoms with Gasteiger partial charge in [0.1, 0.15) is 11.9 Å². The Bertz CT molecular complexity index is 1170. The van der Waals surface area contributed by atoms with Crippen molar-refractivity contribution in [3.05, 3.63) is 65.1 Å². The van der Waals surface area contributed by atoms with Crippen LogP contribution in [0.4, 0.5) is 4.39 Å². The van der Waals surface area contributed by atoms with Crippen molar-refractivity contribution in [2.24, 2.45) is 5.41 Å². The summed E-state index contributed by atoms with van der Waals surface area (Å²) in [6.45, 7) is 2.38. The summed E-state index contributed by atoms with van der Waals surface area (Å²) >= 11 is 6.38. The zero-order chi connectivity index (χ0) is 24.0. The number of pyridine rings is 2. The van der Waals surface area contributed by atoms with Gasteiger partial charge in [-0.25, -0.2) is 4.39 Å². The number of halogens is 2. The van der Waals surface area contributed by atoms with Crippen molar-refractivity contribution in [1.29, 1.82) is 0 Å². The van der Waals surface area contributed by atoms with Crippen LogP contribution in [0, 0.1) is 17.3 Å². The minimum atomic E-state index is -1.25. The average molecular weight is 482 g/mol. The van der Waals surface area contributed by atoms with Crippen molar-refractivity contribution in [2.45, 2.75) is 31.9 Å². The number of aromatic nitrogens is 2. The number of nitrogens with zero attached hydrogens (tertiary/aromatic N) is 3. The first-order valence-corrected chi connectivity index (χ1v) is 11.9. The molecule has 7 heteroatoms. The smallest absolute Gasteiger partial charge is 0.127 e. The van der Waals surface area contributed by atoms with Gasteiger partial charge in [0.15, 0.2) is 0 Å². The molecule has 1 aliphatic heterocycles. The molecule has 1 aliphatic rings. The zero-order valence-corrected chi connectivity index (χ0v) is 20.1. The molecule has 1 saturated heterocycles. The highest BCUT2D eigenvalue weighted by molar-refractivity contribution is 6.32. The Morgan fingerprint density at radius 2 is 2.09 bits per heavy atom. The van der Waals surface area contributed by atoms with E-state index in [0.717, 1.165) is 31.5 Å². The molecule has 3 aromatic rings. The molecule has 1 aromatic carbocycles. The van der Waals surface area contributed by atoms with Crippen LogP contribution in [0.15, 0.2) is 48.9 Å². The summed E-state index contributed by atoms with van der Waals surface area (Å²) in [6, 6.07) is 9.20. The van der Waals surface area contributed by atoms with Crippen molar-refractivity contribution >= 4 is 22.5 Å². The van der Waals surface area contributed by atoms with E-state index in [0.29, 0.717) is 40.2 Å². The van der Waals surface area contributed by atoms with E-state index in [2.05, 4.69) is 26.7 Å². The Morgan fingerprint density at radius 3 is 2.79 bits per heavy atom. The maximum atomic E-state index is 15.6. The van der Waals surface area contributed by atoms with Crippen molar-refractivity contribution in [3.63, 3.8) is 0 Å². The Balaban J connectivity index is 1.38. The minimum absolute atomic E-state index is 0.0492. The average Bonchev–Trinajstić information content (AvgIpc) is 2.88. The van der Waals surface area contributed by atoms with Crippen LogP contribution < -0.4 is 4.74 Å². The predicted molar refractivity (Wildman–Crippen MR) is 133 cm³/mol. The molecule has 1 atom stereocenters. The number of hydrogen-bond acceptors (Lipinski definition) is 5. The molecule has 0 aliphatic carbocycles. The lowest BCUT2D eigenvalue weighted by Crippen LogP contribution is -2.42. The summed E-state index contributed by atoms with van der Waals surface area (Å²) in [6.07, 6.45) is 6.23.